The number of benzene rings is 3. The number of amides is 1. The summed E-state index contributed by atoms with van der Waals surface area (Å²) in [6.45, 7) is 6.77. The van der Waals surface area contributed by atoms with E-state index >= 15 is 0 Å². The van der Waals surface area contributed by atoms with Crippen molar-refractivity contribution >= 4 is 16.7 Å². The van der Waals surface area contributed by atoms with Crippen molar-refractivity contribution in [2.45, 2.75) is 19.1 Å². The average molecular weight is 556 g/mol. The van der Waals surface area contributed by atoms with Crippen LogP contribution >= 0.6 is 0 Å². The van der Waals surface area contributed by atoms with Crippen LogP contribution in [0.2, 0.25) is 0 Å². The van der Waals surface area contributed by atoms with Crippen molar-refractivity contribution in [3.05, 3.63) is 77.9 Å². The standard InChI is InChI=1S/C31H36F3N3O3/c32-31(33,34)28-6-3-7-29(18-28)40-22-24-17-27(30(38)35-10-11-36-12-14-39-15-13-36)21-37(20-24)19-23-8-9-25-4-1-2-5-26(25)16-23/h1-9,16,18,24,27H,10-15,17,19-22H2,(H,35,38)/t24-,27+/m0/s1. The minimum atomic E-state index is -4.43. The number of nitrogens with one attached hydrogen (secondary N) is 1. The van der Waals surface area contributed by atoms with Crippen LogP contribution in [-0.2, 0) is 22.3 Å². The number of ether oxygens (including phenoxy) is 2. The van der Waals surface area contributed by atoms with Crippen molar-refractivity contribution < 1.29 is 27.4 Å². The lowest BCUT2D eigenvalue weighted by Gasteiger charge is -2.37. The van der Waals surface area contributed by atoms with E-state index in [0.29, 0.717) is 45.8 Å². The van der Waals surface area contributed by atoms with Gasteiger partial charge in [0.25, 0.3) is 0 Å². The number of alkyl halides is 3. The maximum absolute atomic E-state index is 13.2. The molecule has 0 spiro atoms. The van der Waals surface area contributed by atoms with Crippen LogP contribution in [0.25, 0.3) is 10.8 Å². The second-order valence-corrected chi connectivity index (χ2v) is 10.8. The largest absolute Gasteiger partial charge is 0.493 e. The van der Waals surface area contributed by atoms with E-state index in [1.165, 1.54) is 16.8 Å². The molecule has 0 bridgehead atoms. The SMILES string of the molecule is O=C(NCCN1CCOCC1)[C@@H]1C[C@H](COc2cccc(C(F)(F)F)c2)CN(Cc2ccc3ccccc3c2)C1. The Morgan fingerprint density at radius 1 is 0.950 bits per heavy atom. The van der Waals surface area contributed by atoms with Crippen LogP contribution in [0, 0.1) is 11.8 Å². The number of carbonyl (C=O) groups excluding carboxylic acids is 1. The van der Waals surface area contributed by atoms with E-state index in [-0.39, 0.29) is 30.1 Å². The smallest absolute Gasteiger partial charge is 0.416 e. The van der Waals surface area contributed by atoms with Crippen molar-refractivity contribution in [3.8, 4) is 5.75 Å². The van der Waals surface area contributed by atoms with Crippen molar-refractivity contribution in [1.29, 1.82) is 0 Å². The molecular formula is C31H36F3N3O3. The van der Waals surface area contributed by atoms with Crippen LogP contribution in [0.5, 0.6) is 5.75 Å². The highest BCUT2D eigenvalue weighted by molar-refractivity contribution is 5.83. The highest BCUT2D eigenvalue weighted by atomic mass is 19.4. The normalized spacial score (nSPS) is 20.9. The second-order valence-electron chi connectivity index (χ2n) is 10.8. The third-order valence-electron chi connectivity index (χ3n) is 7.68. The van der Waals surface area contributed by atoms with Gasteiger partial charge in [0.1, 0.15) is 5.75 Å². The lowest BCUT2D eigenvalue weighted by atomic mass is 9.88. The third-order valence-corrected chi connectivity index (χ3v) is 7.68. The van der Waals surface area contributed by atoms with Gasteiger partial charge in [-0.25, -0.2) is 0 Å². The summed E-state index contributed by atoms with van der Waals surface area (Å²) in [7, 11) is 0. The minimum Gasteiger partial charge on any atom is -0.493 e. The van der Waals surface area contributed by atoms with Gasteiger partial charge in [-0.05, 0) is 47.0 Å². The highest BCUT2D eigenvalue weighted by Gasteiger charge is 2.33. The molecule has 9 heteroatoms. The Hall–Kier alpha value is -3.14. The molecule has 214 valence electrons. The predicted octanol–water partition coefficient (Wildman–Crippen LogP) is 4.82. The number of carbonyl (C=O) groups is 1. The fourth-order valence-electron chi connectivity index (χ4n) is 5.62. The van der Waals surface area contributed by atoms with Gasteiger partial charge in [0, 0.05) is 51.7 Å². The summed E-state index contributed by atoms with van der Waals surface area (Å²) in [5.41, 5.74) is 0.425. The number of morpholine rings is 1. The Labute approximate surface area is 233 Å². The van der Waals surface area contributed by atoms with Crippen molar-refractivity contribution in [1.82, 2.24) is 15.1 Å². The van der Waals surface area contributed by atoms with Gasteiger partial charge in [0.15, 0.2) is 0 Å². The number of piperidine rings is 1. The molecule has 0 unspecified atom stereocenters. The molecule has 2 aliphatic heterocycles. The molecule has 0 radical (unpaired) electrons. The van der Waals surface area contributed by atoms with E-state index in [9.17, 15) is 18.0 Å². The van der Waals surface area contributed by atoms with Crippen molar-refractivity contribution in [3.63, 3.8) is 0 Å². The Kier molecular flexibility index (Phi) is 9.24. The van der Waals surface area contributed by atoms with Gasteiger partial charge in [-0.15, -0.1) is 0 Å². The molecule has 6 nitrogen and oxygen atoms in total. The lowest BCUT2D eigenvalue weighted by Crippen LogP contribution is -2.48. The van der Waals surface area contributed by atoms with Gasteiger partial charge in [-0.2, -0.15) is 13.2 Å². The highest BCUT2D eigenvalue weighted by Crippen LogP contribution is 2.32. The molecule has 5 rings (SSSR count). The number of hydrogen-bond acceptors (Lipinski definition) is 5. The molecule has 2 heterocycles. The molecule has 0 aliphatic carbocycles. The van der Waals surface area contributed by atoms with Crippen LogP contribution in [0.1, 0.15) is 17.5 Å². The second kappa shape index (κ2) is 13.0. The molecule has 40 heavy (non-hydrogen) atoms. The Bertz CT molecular complexity index is 1280. The Morgan fingerprint density at radius 2 is 1.75 bits per heavy atom. The van der Waals surface area contributed by atoms with E-state index in [1.807, 2.05) is 12.1 Å². The molecule has 0 aromatic heterocycles. The van der Waals surface area contributed by atoms with Crippen molar-refractivity contribution in [2.75, 3.05) is 59.1 Å². The molecule has 2 saturated heterocycles. The zero-order chi connectivity index (χ0) is 28.0. The average Bonchev–Trinajstić information content (AvgIpc) is 2.96. The summed E-state index contributed by atoms with van der Waals surface area (Å²) < 4.78 is 50.7. The fraction of sp³-hybridized carbons (Fsp3) is 0.452. The number of fused-ring (bicyclic) bond motifs is 1. The summed E-state index contributed by atoms with van der Waals surface area (Å²) in [6, 6.07) is 19.6. The molecule has 2 atom stereocenters. The summed E-state index contributed by atoms with van der Waals surface area (Å²) in [6.07, 6.45) is -3.80. The summed E-state index contributed by atoms with van der Waals surface area (Å²) in [5, 5.41) is 5.45. The molecule has 1 N–H and O–H groups in total. The predicted molar refractivity (Wildman–Crippen MR) is 148 cm³/mol. The Morgan fingerprint density at radius 3 is 2.55 bits per heavy atom. The van der Waals surface area contributed by atoms with Gasteiger partial charge in [-0.3, -0.25) is 14.6 Å². The number of rotatable bonds is 9. The first-order valence-electron chi connectivity index (χ1n) is 13.9. The van der Waals surface area contributed by atoms with Gasteiger partial charge < -0.3 is 14.8 Å². The van der Waals surface area contributed by atoms with E-state index in [2.05, 4.69) is 45.4 Å². The maximum atomic E-state index is 13.2. The maximum Gasteiger partial charge on any atom is 0.416 e. The summed E-state index contributed by atoms with van der Waals surface area (Å²) in [5.74, 6) is -0.0266. The summed E-state index contributed by atoms with van der Waals surface area (Å²) in [4.78, 5) is 17.8. The van der Waals surface area contributed by atoms with Crippen molar-refractivity contribution in [2.24, 2.45) is 11.8 Å². The number of hydrogen-bond donors (Lipinski definition) is 1. The van der Waals surface area contributed by atoms with E-state index in [4.69, 9.17) is 9.47 Å². The third kappa shape index (κ3) is 7.74. The van der Waals surface area contributed by atoms with E-state index in [0.717, 1.165) is 37.3 Å². The summed E-state index contributed by atoms with van der Waals surface area (Å²) >= 11 is 0. The number of halogens is 3. The van der Waals surface area contributed by atoms with Gasteiger partial charge in [-0.1, -0.05) is 42.5 Å². The molecule has 0 saturated carbocycles. The van der Waals surface area contributed by atoms with E-state index in [1.54, 1.807) is 6.07 Å². The van der Waals surface area contributed by atoms with Crippen LogP contribution in [0.3, 0.4) is 0 Å². The molecule has 1 amide bonds. The molecule has 3 aromatic rings. The van der Waals surface area contributed by atoms with E-state index < -0.39 is 11.7 Å². The van der Waals surface area contributed by atoms with Crippen LogP contribution in [0.15, 0.2) is 66.7 Å². The lowest BCUT2D eigenvalue weighted by molar-refractivity contribution is -0.137. The zero-order valence-corrected chi connectivity index (χ0v) is 22.5. The van der Waals surface area contributed by atoms with Crippen LogP contribution in [0.4, 0.5) is 13.2 Å². The van der Waals surface area contributed by atoms with Crippen LogP contribution < -0.4 is 10.1 Å². The fourth-order valence-corrected chi connectivity index (χ4v) is 5.62. The van der Waals surface area contributed by atoms with Crippen LogP contribution in [-0.4, -0.2) is 74.8 Å². The van der Waals surface area contributed by atoms with Gasteiger partial charge >= 0.3 is 6.18 Å². The first-order chi connectivity index (χ1) is 19.3. The zero-order valence-electron chi connectivity index (χ0n) is 22.5. The minimum absolute atomic E-state index is 0.00116. The first-order valence-corrected chi connectivity index (χ1v) is 13.9. The Balaban J connectivity index is 1.24. The monoisotopic (exact) mass is 555 g/mol. The number of nitrogens with zero attached hydrogens (tertiary/aromatic N) is 2. The molecular weight excluding hydrogens is 519 g/mol. The quantitative estimate of drug-likeness (QED) is 0.410. The number of likely N-dealkylation sites (tertiary alicyclic amines) is 1. The molecule has 2 aliphatic rings. The van der Waals surface area contributed by atoms with Gasteiger partial charge in [0.05, 0.1) is 31.3 Å². The first kappa shape index (κ1) is 28.4. The topological polar surface area (TPSA) is 54.0 Å². The molecule has 2 fully saturated rings. The van der Waals surface area contributed by atoms with Gasteiger partial charge in [0.2, 0.25) is 5.91 Å². The molecule has 3 aromatic carbocycles.